The third-order valence-electron chi connectivity index (χ3n) is 2.47. The van der Waals surface area contributed by atoms with E-state index in [1.807, 2.05) is 12.1 Å². The first-order valence-corrected chi connectivity index (χ1v) is 8.54. The molecule has 0 aromatic heterocycles. The van der Waals surface area contributed by atoms with Crippen LogP contribution in [0, 0.1) is 0 Å². The summed E-state index contributed by atoms with van der Waals surface area (Å²) >= 11 is 11.0. The monoisotopic (exact) mass is 261 g/mol. The van der Waals surface area contributed by atoms with Crippen LogP contribution in [0.2, 0.25) is 0 Å². The summed E-state index contributed by atoms with van der Waals surface area (Å²) in [6.07, 6.45) is 0. The molecule has 1 saturated heterocycles. The van der Waals surface area contributed by atoms with E-state index in [1.54, 1.807) is 0 Å². The van der Waals surface area contributed by atoms with Gasteiger partial charge in [0.2, 0.25) is 0 Å². The number of nitrogens with zero attached hydrogens (tertiary/aromatic N) is 1. The predicted octanol–water partition coefficient (Wildman–Crippen LogP) is 1.98. The second kappa shape index (κ2) is 5.31. The number of hydrogen-bond acceptors (Lipinski definition) is 3. The van der Waals surface area contributed by atoms with Gasteiger partial charge in [0.05, 0.1) is 19.3 Å². The summed E-state index contributed by atoms with van der Waals surface area (Å²) in [5, 5.41) is 1.09. The Morgan fingerprint density at radius 2 is 1.80 bits per heavy atom. The molecule has 1 aliphatic rings. The quantitative estimate of drug-likeness (QED) is 0.756. The Hall–Kier alpha value is -0.0800. The molecule has 0 radical (unpaired) electrons. The molecule has 1 aliphatic heterocycles. The molecule has 1 heterocycles. The van der Waals surface area contributed by atoms with Gasteiger partial charge in [-0.1, -0.05) is 35.2 Å². The average molecular weight is 262 g/mol. The normalized spacial score (nSPS) is 18.9. The third kappa shape index (κ3) is 2.94. The van der Waals surface area contributed by atoms with Gasteiger partial charge in [-0.05, 0) is 17.4 Å². The Balaban J connectivity index is 2.11. The van der Waals surface area contributed by atoms with E-state index in [1.165, 1.54) is 5.69 Å². The van der Waals surface area contributed by atoms with Gasteiger partial charge in [0.1, 0.15) is 0 Å². The highest BCUT2D eigenvalue weighted by atomic mass is 35.7. The molecule has 1 atom stereocenters. The molecule has 1 aromatic carbocycles. The predicted molar refractivity (Wildman–Crippen MR) is 70.6 cm³/mol. The molecule has 15 heavy (non-hydrogen) atoms. The maximum absolute atomic E-state index is 5.92. The fourth-order valence-corrected chi connectivity index (χ4v) is 2.84. The van der Waals surface area contributed by atoms with Gasteiger partial charge < -0.3 is 9.64 Å². The molecule has 0 bridgehead atoms. The number of benzene rings is 1. The van der Waals surface area contributed by atoms with E-state index in [-0.39, 0.29) is 0 Å². The molecule has 5 heteroatoms. The Labute approximate surface area is 100 Å². The van der Waals surface area contributed by atoms with Gasteiger partial charge in [0.25, 0.3) is 0 Å². The Kier molecular flexibility index (Phi) is 4.04. The van der Waals surface area contributed by atoms with Gasteiger partial charge in [-0.25, -0.2) is 0 Å². The van der Waals surface area contributed by atoms with E-state index < -0.39 is 6.05 Å². The molecular formula is C10H13ClNOPS. The Bertz CT molecular complexity index is 351. The average Bonchev–Trinajstić information content (AvgIpc) is 2.30. The number of halogens is 1. The molecule has 2 nitrogen and oxygen atoms in total. The van der Waals surface area contributed by atoms with Crippen LogP contribution in [0.25, 0.3) is 0 Å². The molecule has 1 fully saturated rings. The highest BCUT2D eigenvalue weighted by Crippen LogP contribution is 2.26. The maximum atomic E-state index is 5.92. The van der Waals surface area contributed by atoms with Crippen LogP contribution in [0.15, 0.2) is 24.3 Å². The first-order valence-electron chi connectivity index (χ1n) is 4.90. The van der Waals surface area contributed by atoms with E-state index in [4.69, 9.17) is 27.8 Å². The number of ether oxygens (including phenoxy) is 1. The largest absolute Gasteiger partial charge is 0.378 e. The number of morpholine rings is 1. The van der Waals surface area contributed by atoms with Gasteiger partial charge in [-0.15, -0.1) is 0 Å². The number of rotatable bonds is 2. The zero-order valence-corrected chi connectivity index (χ0v) is 10.9. The Morgan fingerprint density at radius 3 is 2.33 bits per heavy atom. The molecule has 0 spiro atoms. The first-order chi connectivity index (χ1) is 7.27. The lowest BCUT2D eigenvalue weighted by Gasteiger charge is -2.28. The van der Waals surface area contributed by atoms with E-state index in [2.05, 4.69) is 17.0 Å². The van der Waals surface area contributed by atoms with Crippen LogP contribution in [-0.2, 0) is 16.5 Å². The number of hydrogen-bond donors (Lipinski definition) is 0. The van der Waals surface area contributed by atoms with Crippen molar-refractivity contribution < 1.29 is 4.74 Å². The van der Waals surface area contributed by atoms with Gasteiger partial charge >= 0.3 is 0 Å². The third-order valence-corrected chi connectivity index (χ3v) is 4.62. The topological polar surface area (TPSA) is 12.5 Å². The van der Waals surface area contributed by atoms with Crippen molar-refractivity contribution in [3.63, 3.8) is 0 Å². The lowest BCUT2D eigenvalue weighted by molar-refractivity contribution is 0.122. The first kappa shape index (κ1) is 11.4. The second-order valence-corrected chi connectivity index (χ2v) is 7.58. The van der Waals surface area contributed by atoms with Gasteiger partial charge in [0.15, 0.2) is 0 Å². The Morgan fingerprint density at radius 1 is 1.20 bits per heavy atom. The van der Waals surface area contributed by atoms with Crippen molar-refractivity contribution in [3.8, 4) is 0 Å². The van der Waals surface area contributed by atoms with Crippen molar-refractivity contribution in [1.29, 1.82) is 0 Å². The van der Waals surface area contributed by atoms with Crippen molar-refractivity contribution in [1.82, 2.24) is 0 Å². The van der Waals surface area contributed by atoms with Crippen molar-refractivity contribution in [3.05, 3.63) is 24.3 Å². The number of anilines is 1. The SMILES string of the molecule is S=[PH](Cl)c1ccc(N2CCOCC2)cc1. The van der Waals surface area contributed by atoms with Crippen LogP contribution < -0.4 is 10.2 Å². The molecule has 0 amide bonds. The van der Waals surface area contributed by atoms with Gasteiger partial charge in [0, 0.05) is 18.8 Å². The molecule has 1 aromatic rings. The second-order valence-electron chi connectivity index (χ2n) is 3.42. The lowest BCUT2D eigenvalue weighted by Crippen LogP contribution is -2.36. The van der Waals surface area contributed by atoms with Crippen LogP contribution in [0.5, 0.6) is 0 Å². The summed E-state index contributed by atoms with van der Waals surface area (Å²) < 4.78 is 5.31. The lowest BCUT2D eigenvalue weighted by atomic mass is 10.2. The van der Waals surface area contributed by atoms with Crippen LogP contribution in [0.3, 0.4) is 0 Å². The van der Waals surface area contributed by atoms with Crippen LogP contribution in [0.1, 0.15) is 0 Å². The molecule has 1 unspecified atom stereocenters. The van der Waals surface area contributed by atoms with Crippen molar-refractivity contribution in [2.24, 2.45) is 0 Å². The van der Waals surface area contributed by atoms with Crippen molar-refractivity contribution in [2.75, 3.05) is 31.2 Å². The van der Waals surface area contributed by atoms with E-state index in [0.717, 1.165) is 31.6 Å². The summed E-state index contributed by atoms with van der Waals surface area (Å²) in [5.41, 5.74) is 1.23. The zero-order chi connectivity index (χ0) is 10.7. The molecule has 2 rings (SSSR count). The van der Waals surface area contributed by atoms with Crippen molar-refractivity contribution >= 4 is 40.1 Å². The van der Waals surface area contributed by atoms with Gasteiger partial charge in [-0.3, -0.25) is 0 Å². The molecule has 0 aliphatic carbocycles. The van der Waals surface area contributed by atoms with E-state index >= 15 is 0 Å². The minimum absolute atomic E-state index is 0.813. The smallest absolute Gasteiger partial charge is 0.0642 e. The van der Waals surface area contributed by atoms with Crippen molar-refractivity contribution in [2.45, 2.75) is 0 Å². The standard InChI is InChI=1S/C10H13ClNOPS/c11-14(15)10-3-1-9(2-4-10)12-5-7-13-8-6-12/h1-4,14H,5-8H2. The fraction of sp³-hybridized carbons (Fsp3) is 0.400. The zero-order valence-electron chi connectivity index (χ0n) is 8.28. The summed E-state index contributed by atoms with van der Waals surface area (Å²) in [4.78, 5) is 2.32. The summed E-state index contributed by atoms with van der Waals surface area (Å²) in [6.45, 7) is 3.55. The van der Waals surface area contributed by atoms with Crippen LogP contribution in [0.4, 0.5) is 5.69 Å². The molecule has 82 valence electrons. The van der Waals surface area contributed by atoms with E-state index in [9.17, 15) is 0 Å². The molecule has 0 N–H and O–H groups in total. The van der Waals surface area contributed by atoms with Crippen LogP contribution >= 0.6 is 17.3 Å². The molecular weight excluding hydrogens is 249 g/mol. The highest BCUT2D eigenvalue weighted by Gasteiger charge is 2.10. The summed E-state index contributed by atoms with van der Waals surface area (Å²) in [7, 11) is 0. The fourth-order valence-electron chi connectivity index (χ4n) is 1.62. The van der Waals surface area contributed by atoms with Crippen LogP contribution in [-0.4, -0.2) is 26.3 Å². The van der Waals surface area contributed by atoms with E-state index in [0.29, 0.717) is 0 Å². The minimum atomic E-state index is -1.25. The maximum Gasteiger partial charge on any atom is 0.0642 e. The minimum Gasteiger partial charge on any atom is -0.378 e. The highest BCUT2D eigenvalue weighted by molar-refractivity contribution is 8.20. The van der Waals surface area contributed by atoms with Gasteiger partial charge in [-0.2, -0.15) is 0 Å². The summed E-state index contributed by atoms with van der Waals surface area (Å²) in [6, 6.07) is 7.03. The summed E-state index contributed by atoms with van der Waals surface area (Å²) in [5.74, 6) is 0. The molecule has 0 saturated carbocycles.